The number of carbonyl (C=O) groups is 1. The Hall–Kier alpha value is -1.44. The number of aliphatic hydroxyl groups excluding tert-OH is 1. The van der Waals surface area contributed by atoms with Crippen molar-refractivity contribution in [2.24, 2.45) is 0 Å². The molecule has 0 aromatic heterocycles. The molecule has 0 aliphatic heterocycles. The van der Waals surface area contributed by atoms with E-state index >= 15 is 0 Å². The standard InChI is InChI=1S/C21H35NO5S/c1-2-3-4-13-19(23)14-8-10-17-28(26,27)22-16-9-7-12-18-11-5-6-15-20(18)21(24)25/h5-6,11,15,19,22-23H,2-4,7-10,12-14,16-17H2,1H3,(H,24,25). The normalized spacial score (nSPS) is 12.8. The summed E-state index contributed by atoms with van der Waals surface area (Å²) in [7, 11) is -3.29. The third kappa shape index (κ3) is 10.8. The molecule has 7 heteroatoms. The molecule has 1 atom stereocenters. The van der Waals surface area contributed by atoms with E-state index in [1.807, 2.05) is 6.07 Å². The van der Waals surface area contributed by atoms with Gasteiger partial charge in [-0.1, -0.05) is 44.4 Å². The van der Waals surface area contributed by atoms with Crippen molar-refractivity contribution >= 4 is 16.0 Å². The van der Waals surface area contributed by atoms with Crippen molar-refractivity contribution in [3.63, 3.8) is 0 Å². The molecule has 1 rings (SSSR count). The molecule has 0 aliphatic carbocycles. The Morgan fingerprint density at radius 3 is 2.39 bits per heavy atom. The fourth-order valence-electron chi connectivity index (χ4n) is 3.13. The molecule has 0 aliphatic rings. The molecule has 0 spiro atoms. The lowest BCUT2D eigenvalue weighted by Crippen LogP contribution is -2.27. The van der Waals surface area contributed by atoms with Crippen molar-refractivity contribution in [1.82, 2.24) is 4.72 Å². The van der Waals surface area contributed by atoms with E-state index < -0.39 is 16.0 Å². The summed E-state index contributed by atoms with van der Waals surface area (Å²) in [6.07, 6.45) is 7.64. The second-order valence-corrected chi connectivity index (χ2v) is 9.20. The van der Waals surface area contributed by atoms with Gasteiger partial charge in [-0.25, -0.2) is 17.9 Å². The van der Waals surface area contributed by atoms with Crippen LogP contribution in [0, 0.1) is 0 Å². The summed E-state index contributed by atoms with van der Waals surface area (Å²) in [5.74, 6) is -0.858. The molecule has 0 saturated heterocycles. The summed E-state index contributed by atoms with van der Waals surface area (Å²) in [5.41, 5.74) is 1.08. The highest BCUT2D eigenvalue weighted by molar-refractivity contribution is 7.89. The van der Waals surface area contributed by atoms with Gasteiger partial charge in [-0.15, -0.1) is 0 Å². The molecular weight excluding hydrogens is 378 g/mol. The minimum atomic E-state index is -3.29. The fourth-order valence-corrected chi connectivity index (χ4v) is 4.32. The van der Waals surface area contributed by atoms with Crippen molar-refractivity contribution in [2.45, 2.75) is 77.2 Å². The Kier molecular flexibility index (Phi) is 12.0. The van der Waals surface area contributed by atoms with Crippen molar-refractivity contribution in [1.29, 1.82) is 0 Å². The molecule has 0 fully saturated rings. The van der Waals surface area contributed by atoms with E-state index in [0.29, 0.717) is 44.2 Å². The van der Waals surface area contributed by atoms with Gasteiger partial charge in [0.1, 0.15) is 0 Å². The topological polar surface area (TPSA) is 104 Å². The van der Waals surface area contributed by atoms with Gasteiger partial charge in [0, 0.05) is 6.54 Å². The zero-order valence-corrected chi connectivity index (χ0v) is 17.7. The number of benzene rings is 1. The van der Waals surface area contributed by atoms with E-state index in [1.54, 1.807) is 18.2 Å². The van der Waals surface area contributed by atoms with Gasteiger partial charge in [-0.05, 0) is 56.6 Å². The van der Waals surface area contributed by atoms with Crippen LogP contribution in [0.1, 0.15) is 80.6 Å². The Morgan fingerprint density at radius 2 is 1.71 bits per heavy atom. The Bertz CT molecular complexity index is 675. The van der Waals surface area contributed by atoms with E-state index in [4.69, 9.17) is 5.11 Å². The summed E-state index contributed by atoms with van der Waals surface area (Å²) >= 11 is 0. The summed E-state index contributed by atoms with van der Waals surface area (Å²) in [5, 5.41) is 19.0. The highest BCUT2D eigenvalue weighted by Crippen LogP contribution is 2.12. The van der Waals surface area contributed by atoms with Crippen molar-refractivity contribution in [3.8, 4) is 0 Å². The predicted molar refractivity (Wildman–Crippen MR) is 112 cm³/mol. The van der Waals surface area contributed by atoms with Crippen LogP contribution in [0.2, 0.25) is 0 Å². The maximum absolute atomic E-state index is 12.0. The first kappa shape index (κ1) is 24.6. The van der Waals surface area contributed by atoms with E-state index in [2.05, 4.69) is 11.6 Å². The number of aliphatic hydroxyl groups is 1. The summed E-state index contributed by atoms with van der Waals surface area (Å²) in [6, 6.07) is 6.89. The van der Waals surface area contributed by atoms with Crippen LogP contribution in [0.3, 0.4) is 0 Å². The number of unbranched alkanes of at least 4 members (excludes halogenated alkanes) is 4. The van der Waals surface area contributed by atoms with E-state index in [1.165, 1.54) is 0 Å². The van der Waals surface area contributed by atoms with E-state index in [9.17, 15) is 18.3 Å². The van der Waals surface area contributed by atoms with Gasteiger partial charge >= 0.3 is 5.97 Å². The van der Waals surface area contributed by atoms with Crippen molar-refractivity contribution < 1.29 is 23.4 Å². The van der Waals surface area contributed by atoms with Gasteiger partial charge in [-0.3, -0.25) is 0 Å². The fraction of sp³-hybridized carbons (Fsp3) is 0.667. The maximum atomic E-state index is 12.0. The lowest BCUT2D eigenvalue weighted by atomic mass is 10.0. The zero-order valence-electron chi connectivity index (χ0n) is 16.9. The number of nitrogens with one attached hydrogen (secondary N) is 1. The van der Waals surface area contributed by atoms with Gasteiger partial charge in [0.2, 0.25) is 10.0 Å². The molecule has 1 aromatic rings. The monoisotopic (exact) mass is 413 g/mol. The van der Waals surface area contributed by atoms with Crippen LogP contribution < -0.4 is 4.72 Å². The lowest BCUT2D eigenvalue weighted by Gasteiger charge is -2.10. The Morgan fingerprint density at radius 1 is 1.04 bits per heavy atom. The number of rotatable bonds is 16. The first-order chi connectivity index (χ1) is 13.4. The molecule has 0 heterocycles. The molecule has 160 valence electrons. The first-order valence-electron chi connectivity index (χ1n) is 10.3. The average molecular weight is 414 g/mol. The van der Waals surface area contributed by atoms with Crippen molar-refractivity contribution in [3.05, 3.63) is 35.4 Å². The number of aromatic carboxylic acids is 1. The van der Waals surface area contributed by atoms with Crippen molar-refractivity contribution in [2.75, 3.05) is 12.3 Å². The van der Waals surface area contributed by atoms with E-state index in [-0.39, 0.29) is 11.9 Å². The highest BCUT2D eigenvalue weighted by atomic mass is 32.2. The van der Waals surface area contributed by atoms with Crippen LogP contribution in [0.5, 0.6) is 0 Å². The molecule has 0 amide bonds. The van der Waals surface area contributed by atoms with Crippen LogP contribution in [0.4, 0.5) is 0 Å². The third-order valence-corrected chi connectivity index (χ3v) is 6.25. The summed E-state index contributed by atoms with van der Waals surface area (Å²) < 4.78 is 26.6. The number of hydrogen-bond acceptors (Lipinski definition) is 4. The number of carboxylic acids is 1. The second kappa shape index (κ2) is 13.7. The number of sulfonamides is 1. The zero-order chi connectivity index (χ0) is 20.8. The van der Waals surface area contributed by atoms with E-state index in [0.717, 1.165) is 37.7 Å². The minimum absolute atomic E-state index is 0.0799. The highest BCUT2D eigenvalue weighted by Gasteiger charge is 2.11. The SMILES string of the molecule is CCCCCC(O)CCCCS(=O)(=O)NCCCCc1ccccc1C(=O)O. The molecule has 6 nitrogen and oxygen atoms in total. The summed E-state index contributed by atoms with van der Waals surface area (Å²) in [4.78, 5) is 11.2. The predicted octanol–water partition coefficient (Wildman–Crippen LogP) is 3.74. The van der Waals surface area contributed by atoms with Crippen LogP contribution in [-0.2, 0) is 16.4 Å². The number of carboxylic acid groups (broad SMARTS) is 1. The molecular formula is C21H35NO5S. The molecule has 28 heavy (non-hydrogen) atoms. The van der Waals surface area contributed by atoms with Crippen LogP contribution in [0.25, 0.3) is 0 Å². The number of aryl methyl sites for hydroxylation is 1. The Labute approximate surface area is 169 Å². The molecule has 0 bridgehead atoms. The van der Waals surface area contributed by atoms with Crippen LogP contribution >= 0.6 is 0 Å². The molecule has 0 radical (unpaired) electrons. The van der Waals surface area contributed by atoms with Gasteiger partial charge in [0.25, 0.3) is 0 Å². The minimum Gasteiger partial charge on any atom is -0.478 e. The van der Waals surface area contributed by atoms with Crippen LogP contribution in [-0.4, -0.2) is 43.0 Å². The quantitative estimate of drug-likeness (QED) is 0.358. The van der Waals surface area contributed by atoms with Gasteiger partial charge < -0.3 is 10.2 Å². The first-order valence-corrected chi connectivity index (χ1v) is 12.0. The van der Waals surface area contributed by atoms with Crippen LogP contribution in [0.15, 0.2) is 24.3 Å². The maximum Gasteiger partial charge on any atom is 0.335 e. The van der Waals surface area contributed by atoms with Gasteiger partial charge in [-0.2, -0.15) is 0 Å². The number of hydrogen-bond donors (Lipinski definition) is 3. The average Bonchev–Trinajstić information content (AvgIpc) is 2.65. The molecule has 1 unspecified atom stereocenters. The third-order valence-electron chi connectivity index (χ3n) is 4.78. The lowest BCUT2D eigenvalue weighted by molar-refractivity contribution is 0.0695. The summed E-state index contributed by atoms with van der Waals surface area (Å²) in [6.45, 7) is 2.48. The largest absolute Gasteiger partial charge is 0.478 e. The molecule has 0 saturated carbocycles. The Balaban J connectivity index is 2.16. The second-order valence-electron chi connectivity index (χ2n) is 7.28. The smallest absolute Gasteiger partial charge is 0.335 e. The molecule has 3 N–H and O–H groups in total. The van der Waals surface area contributed by atoms with Gasteiger partial charge in [0.05, 0.1) is 17.4 Å². The molecule has 1 aromatic carbocycles. The van der Waals surface area contributed by atoms with Gasteiger partial charge in [0.15, 0.2) is 0 Å².